The van der Waals surface area contributed by atoms with Crippen LogP contribution >= 0.6 is 0 Å². The summed E-state index contributed by atoms with van der Waals surface area (Å²) in [4.78, 5) is 40.9. The first kappa shape index (κ1) is 16.8. The van der Waals surface area contributed by atoms with E-state index in [9.17, 15) is 14.4 Å². The van der Waals surface area contributed by atoms with E-state index in [1.54, 1.807) is 0 Å². The molecule has 1 aliphatic heterocycles. The minimum absolute atomic E-state index is 0.162. The Balaban J connectivity index is 1.45. The molecule has 1 aromatic rings. The van der Waals surface area contributed by atoms with Crippen LogP contribution in [0.15, 0.2) is 30.4 Å². The van der Waals surface area contributed by atoms with Gasteiger partial charge in [0.15, 0.2) is 0 Å². The number of hydrogen-bond acceptors (Lipinski definition) is 4. The molecule has 26 heavy (non-hydrogen) atoms. The standard InChI is InChI=1S/C20H23N3O3/c1-11-8-14(22(2)3)6-7-15(11)21-16(24)10-23-19(25)17-12-4-5-13(9-12)18(17)20(23)26/h4-8,12-13,17-18H,9-10H2,1-3H3,(H,21,24)/t12-,13-,17-,18+/m0/s1. The van der Waals surface area contributed by atoms with Crippen LogP contribution in [0.3, 0.4) is 0 Å². The van der Waals surface area contributed by atoms with Crippen molar-refractivity contribution in [3.8, 4) is 0 Å². The second-order valence-corrected chi connectivity index (χ2v) is 7.70. The van der Waals surface area contributed by atoms with Gasteiger partial charge < -0.3 is 10.2 Å². The van der Waals surface area contributed by atoms with E-state index in [-0.39, 0.29) is 47.9 Å². The molecule has 1 heterocycles. The molecule has 2 fully saturated rings. The molecule has 0 unspecified atom stereocenters. The molecule has 4 rings (SSSR count). The van der Waals surface area contributed by atoms with Gasteiger partial charge in [0.25, 0.3) is 0 Å². The van der Waals surface area contributed by atoms with Gasteiger partial charge in [-0.15, -0.1) is 0 Å². The molecule has 3 aliphatic rings. The zero-order valence-corrected chi connectivity index (χ0v) is 15.2. The molecule has 3 amide bonds. The van der Waals surface area contributed by atoms with Gasteiger partial charge in [0.2, 0.25) is 17.7 Å². The molecule has 136 valence electrons. The van der Waals surface area contributed by atoms with Gasteiger partial charge in [0.05, 0.1) is 11.8 Å². The zero-order valence-electron chi connectivity index (χ0n) is 15.2. The predicted octanol–water partition coefficient (Wildman–Crippen LogP) is 1.81. The van der Waals surface area contributed by atoms with Gasteiger partial charge >= 0.3 is 0 Å². The number of nitrogens with zero attached hydrogens (tertiary/aromatic N) is 2. The van der Waals surface area contributed by atoms with E-state index in [0.717, 1.165) is 22.6 Å². The molecule has 0 radical (unpaired) electrons. The highest BCUT2D eigenvalue weighted by atomic mass is 16.2. The van der Waals surface area contributed by atoms with Crippen LogP contribution in [0.2, 0.25) is 0 Å². The third kappa shape index (κ3) is 2.52. The van der Waals surface area contributed by atoms with Crippen molar-refractivity contribution in [3.05, 3.63) is 35.9 Å². The second-order valence-electron chi connectivity index (χ2n) is 7.70. The van der Waals surface area contributed by atoms with E-state index in [1.165, 1.54) is 0 Å². The highest BCUT2D eigenvalue weighted by molar-refractivity contribution is 6.09. The average molecular weight is 353 g/mol. The molecule has 0 spiro atoms. The van der Waals surface area contributed by atoms with Crippen molar-refractivity contribution in [2.45, 2.75) is 13.3 Å². The van der Waals surface area contributed by atoms with Crippen molar-refractivity contribution in [1.82, 2.24) is 4.90 Å². The molecule has 6 nitrogen and oxygen atoms in total. The van der Waals surface area contributed by atoms with E-state index in [1.807, 2.05) is 44.1 Å². The number of amides is 3. The maximum absolute atomic E-state index is 12.6. The fourth-order valence-electron chi connectivity index (χ4n) is 4.52. The number of imide groups is 1. The van der Waals surface area contributed by atoms with Gasteiger partial charge in [0, 0.05) is 25.5 Å². The van der Waals surface area contributed by atoms with E-state index < -0.39 is 0 Å². The van der Waals surface area contributed by atoms with E-state index in [2.05, 4.69) is 17.5 Å². The van der Waals surface area contributed by atoms with E-state index in [4.69, 9.17) is 0 Å². The Bertz CT molecular complexity index is 800. The highest BCUT2D eigenvalue weighted by Gasteiger charge is 2.59. The molecular formula is C20H23N3O3. The summed E-state index contributed by atoms with van der Waals surface area (Å²) >= 11 is 0. The Kier molecular flexibility index (Phi) is 3.86. The van der Waals surface area contributed by atoms with Crippen molar-refractivity contribution in [1.29, 1.82) is 0 Å². The quantitative estimate of drug-likeness (QED) is 0.662. The molecule has 0 aromatic heterocycles. The molecule has 6 heteroatoms. The van der Waals surface area contributed by atoms with Crippen molar-refractivity contribution < 1.29 is 14.4 Å². The Morgan fingerprint density at radius 2 is 1.77 bits per heavy atom. The lowest BCUT2D eigenvalue weighted by Gasteiger charge is -2.18. The lowest BCUT2D eigenvalue weighted by atomic mass is 9.85. The second kappa shape index (κ2) is 5.97. The minimum Gasteiger partial charge on any atom is -0.378 e. The van der Waals surface area contributed by atoms with Crippen LogP contribution < -0.4 is 10.2 Å². The largest absolute Gasteiger partial charge is 0.378 e. The Hall–Kier alpha value is -2.63. The van der Waals surface area contributed by atoms with Crippen molar-refractivity contribution in [2.75, 3.05) is 30.9 Å². The lowest BCUT2D eigenvalue weighted by molar-refractivity contribution is -0.143. The number of likely N-dealkylation sites (tertiary alicyclic amines) is 1. The third-order valence-electron chi connectivity index (χ3n) is 5.86. The first-order valence-corrected chi connectivity index (χ1v) is 8.98. The first-order chi connectivity index (χ1) is 12.4. The van der Waals surface area contributed by atoms with Gasteiger partial charge in [0.1, 0.15) is 6.54 Å². The monoisotopic (exact) mass is 353 g/mol. The molecule has 2 aliphatic carbocycles. The van der Waals surface area contributed by atoms with Crippen LogP contribution in [-0.2, 0) is 14.4 Å². The number of benzene rings is 1. The van der Waals surface area contributed by atoms with Crippen LogP contribution in [0.1, 0.15) is 12.0 Å². The molecule has 1 saturated heterocycles. The Morgan fingerprint density at radius 3 is 2.31 bits per heavy atom. The Morgan fingerprint density at radius 1 is 1.15 bits per heavy atom. The normalized spacial score (nSPS) is 28.7. The smallest absolute Gasteiger partial charge is 0.244 e. The SMILES string of the molecule is Cc1cc(N(C)C)ccc1NC(=O)CN1C(=O)[C@@H]2[C@H](C1=O)[C@H]1C=C[C@H]2C1. The maximum atomic E-state index is 12.6. The van der Waals surface area contributed by atoms with Crippen molar-refractivity contribution >= 4 is 29.1 Å². The maximum Gasteiger partial charge on any atom is 0.244 e. The summed E-state index contributed by atoms with van der Waals surface area (Å²) in [6, 6.07) is 5.74. The summed E-state index contributed by atoms with van der Waals surface area (Å²) < 4.78 is 0. The number of fused-ring (bicyclic) bond motifs is 5. The van der Waals surface area contributed by atoms with Gasteiger partial charge in [-0.3, -0.25) is 19.3 Å². The van der Waals surface area contributed by atoms with Gasteiger partial charge in [-0.05, 0) is 48.9 Å². The molecule has 4 atom stereocenters. The summed E-state index contributed by atoms with van der Waals surface area (Å²) in [5.74, 6) is -0.908. The van der Waals surface area contributed by atoms with Crippen LogP contribution in [0.4, 0.5) is 11.4 Å². The lowest BCUT2D eigenvalue weighted by Crippen LogP contribution is -2.39. The summed E-state index contributed by atoms with van der Waals surface area (Å²) in [6.45, 7) is 1.71. The zero-order chi connectivity index (χ0) is 18.6. The summed E-state index contributed by atoms with van der Waals surface area (Å²) in [7, 11) is 3.91. The van der Waals surface area contributed by atoms with E-state index >= 15 is 0 Å². The molecular weight excluding hydrogens is 330 g/mol. The van der Waals surface area contributed by atoms with Crippen LogP contribution in [-0.4, -0.2) is 43.3 Å². The first-order valence-electron chi connectivity index (χ1n) is 8.98. The summed E-state index contributed by atoms with van der Waals surface area (Å²) in [5.41, 5.74) is 2.67. The fraction of sp³-hybridized carbons (Fsp3) is 0.450. The van der Waals surface area contributed by atoms with Crippen molar-refractivity contribution in [3.63, 3.8) is 0 Å². The number of nitrogens with one attached hydrogen (secondary N) is 1. The third-order valence-corrected chi connectivity index (χ3v) is 5.86. The number of hydrogen-bond donors (Lipinski definition) is 1. The van der Waals surface area contributed by atoms with Gasteiger partial charge in [-0.1, -0.05) is 12.2 Å². The fourth-order valence-corrected chi connectivity index (χ4v) is 4.52. The summed E-state index contributed by atoms with van der Waals surface area (Å²) in [6.07, 6.45) is 5.00. The molecule has 1 N–H and O–H groups in total. The van der Waals surface area contributed by atoms with E-state index in [0.29, 0.717) is 5.69 Å². The topological polar surface area (TPSA) is 69.7 Å². The number of aryl methyl sites for hydroxylation is 1. The predicted molar refractivity (Wildman–Crippen MR) is 98.6 cm³/mol. The van der Waals surface area contributed by atoms with Crippen molar-refractivity contribution in [2.24, 2.45) is 23.7 Å². The number of carbonyl (C=O) groups excluding carboxylic acids is 3. The van der Waals surface area contributed by atoms with Gasteiger partial charge in [-0.2, -0.15) is 0 Å². The number of carbonyl (C=O) groups is 3. The Labute approximate surface area is 152 Å². The molecule has 2 bridgehead atoms. The molecule has 1 saturated carbocycles. The number of anilines is 2. The van der Waals surface area contributed by atoms with Crippen LogP contribution in [0, 0.1) is 30.6 Å². The minimum atomic E-state index is -0.340. The average Bonchev–Trinajstić information content (AvgIpc) is 3.26. The van der Waals surface area contributed by atoms with Crippen LogP contribution in [0.5, 0.6) is 0 Å². The molecule has 1 aromatic carbocycles. The summed E-state index contributed by atoms with van der Waals surface area (Å²) in [5, 5.41) is 2.83. The van der Waals surface area contributed by atoms with Crippen LogP contribution in [0.25, 0.3) is 0 Å². The number of rotatable bonds is 4. The highest BCUT2D eigenvalue weighted by Crippen LogP contribution is 2.52. The number of allylic oxidation sites excluding steroid dienone is 2. The van der Waals surface area contributed by atoms with Gasteiger partial charge in [-0.25, -0.2) is 0 Å².